The molecule has 0 fully saturated rings. The van der Waals surface area contributed by atoms with Gasteiger partial charge >= 0.3 is 13.8 Å². The van der Waals surface area contributed by atoms with Crippen LogP contribution in [0.15, 0.2) is 18.2 Å². The minimum absolute atomic E-state index is 0.143. The highest BCUT2D eigenvalue weighted by Gasteiger charge is 2.17. The summed E-state index contributed by atoms with van der Waals surface area (Å²) in [6.45, 7) is 1.73. The SMILES string of the molecule is CCCc1cccc(CCOP(=O)(O)O)c1C(=O)O. The van der Waals surface area contributed by atoms with Crippen molar-refractivity contribution >= 4 is 13.8 Å². The Morgan fingerprint density at radius 2 is 1.84 bits per heavy atom. The fraction of sp³-hybridized carbons (Fsp3) is 0.417. The molecule has 19 heavy (non-hydrogen) atoms. The predicted octanol–water partition coefficient (Wildman–Crippen LogP) is 1.99. The third-order valence-electron chi connectivity index (χ3n) is 2.60. The molecule has 3 N–H and O–H groups in total. The number of aryl methyl sites for hydroxylation is 1. The van der Waals surface area contributed by atoms with Crippen LogP contribution in [0.25, 0.3) is 0 Å². The van der Waals surface area contributed by atoms with Crippen molar-refractivity contribution in [3.05, 3.63) is 34.9 Å². The van der Waals surface area contributed by atoms with Gasteiger partial charge in [0, 0.05) is 0 Å². The molecule has 1 aromatic rings. The van der Waals surface area contributed by atoms with Crippen molar-refractivity contribution in [2.75, 3.05) is 6.61 Å². The molecule has 1 rings (SSSR count). The topological polar surface area (TPSA) is 104 Å². The molecule has 0 amide bonds. The van der Waals surface area contributed by atoms with E-state index in [2.05, 4.69) is 4.52 Å². The van der Waals surface area contributed by atoms with Crippen molar-refractivity contribution in [2.24, 2.45) is 0 Å². The van der Waals surface area contributed by atoms with Crippen molar-refractivity contribution in [1.29, 1.82) is 0 Å². The number of phosphoric acid groups is 1. The minimum Gasteiger partial charge on any atom is -0.478 e. The van der Waals surface area contributed by atoms with Crippen molar-refractivity contribution in [3.8, 4) is 0 Å². The zero-order chi connectivity index (χ0) is 14.5. The molecule has 6 nitrogen and oxygen atoms in total. The van der Waals surface area contributed by atoms with Gasteiger partial charge in [-0.3, -0.25) is 4.52 Å². The van der Waals surface area contributed by atoms with E-state index in [0.717, 1.165) is 12.0 Å². The van der Waals surface area contributed by atoms with Gasteiger partial charge < -0.3 is 14.9 Å². The highest BCUT2D eigenvalue weighted by molar-refractivity contribution is 7.46. The van der Waals surface area contributed by atoms with E-state index in [4.69, 9.17) is 9.79 Å². The molecular formula is C12H17O6P. The maximum atomic E-state index is 11.3. The lowest BCUT2D eigenvalue weighted by molar-refractivity contribution is 0.0694. The summed E-state index contributed by atoms with van der Waals surface area (Å²) < 4.78 is 14.9. The van der Waals surface area contributed by atoms with Crippen LogP contribution in [-0.2, 0) is 21.9 Å². The quantitative estimate of drug-likeness (QED) is 0.663. The van der Waals surface area contributed by atoms with Gasteiger partial charge in [0.15, 0.2) is 0 Å². The fourth-order valence-corrected chi connectivity index (χ4v) is 2.22. The molecule has 0 spiro atoms. The highest BCUT2D eigenvalue weighted by atomic mass is 31.2. The lowest BCUT2D eigenvalue weighted by Crippen LogP contribution is -2.09. The molecule has 0 aliphatic heterocycles. The van der Waals surface area contributed by atoms with Crippen LogP contribution in [0.5, 0.6) is 0 Å². The second-order valence-electron chi connectivity index (χ2n) is 4.08. The maximum absolute atomic E-state index is 11.3. The predicted molar refractivity (Wildman–Crippen MR) is 69.1 cm³/mol. The van der Waals surface area contributed by atoms with Crippen molar-refractivity contribution in [1.82, 2.24) is 0 Å². The number of carboxylic acid groups (broad SMARTS) is 1. The van der Waals surface area contributed by atoms with E-state index >= 15 is 0 Å². The Morgan fingerprint density at radius 3 is 2.32 bits per heavy atom. The number of hydrogen-bond acceptors (Lipinski definition) is 3. The molecular weight excluding hydrogens is 271 g/mol. The van der Waals surface area contributed by atoms with Gasteiger partial charge in [0.05, 0.1) is 12.2 Å². The van der Waals surface area contributed by atoms with E-state index in [1.165, 1.54) is 0 Å². The summed E-state index contributed by atoms with van der Waals surface area (Å²) >= 11 is 0. The summed E-state index contributed by atoms with van der Waals surface area (Å²) in [6.07, 6.45) is 1.61. The van der Waals surface area contributed by atoms with Crippen molar-refractivity contribution < 1.29 is 28.8 Å². The minimum atomic E-state index is -4.51. The van der Waals surface area contributed by atoms with E-state index in [-0.39, 0.29) is 18.6 Å². The van der Waals surface area contributed by atoms with Gasteiger partial charge in [0.25, 0.3) is 0 Å². The number of aromatic carboxylic acids is 1. The third kappa shape index (κ3) is 5.12. The Labute approximate surface area is 111 Å². The molecule has 0 atom stereocenters. The Kier molecular flexibility index (Phi) is 5.69. The highest BCUT2D eigenvalue weighted by Crippen LogP contribution is 2.35. The second kappa shape index (κ2) is 6.82. The first-order valence-corrected chi connectivity index (χ1v) is 7.42. The Balaban J connectivity index is 2.90. The maximum Gasteiger partial charge on any atom is 0.469 e. The molecule has 0 aliphatic carbocycles. The summed E-state index contributed by atoms with van der Waals surface area (Å²) in [4.78, 5) is 28.5. The first kappa shape index (κ1) is 15.9. The van der Waals surface area contributed by atoms with Gasteiger partial charge in [0.2, 0.25) is 0 Å². The summed E-state index contributed by atoms with van der Waals surface area (Å²) in [6, 6.07) is 5.12. The smallest absolute Gasteiger partial charge is 0.469 e. The Bertz CT molecular complexity index is 493. The van der Waals surface area contributed by atoms with Crippen LogP contribution in [0.2, 0.25) is 0 Å². The van der Waals surface area contributed by atoms with Gasteiger partial charge in [0.1, 0.15) is 0 Å². The van der Waals surface area contributed by atoms with Crippen molar-refractivity contribution in [2.45, 2.75) is 26.2 Å². The molecule has 7 heteroatoms. The lowest BCUT2D eigenvalue weighted by Gasteiger charge is -2.11. The molecule has 1 aromatic carbocycles. The van der Waals surface area contributed by atoms with E-state index < -0.39 is 13.8 Å². The Hall–Kier alpha value is -1.20. The molecule has 0 heterocycles. The van der Waals surface area contributed by atoms with Crippen LogP contribution in [0.3, 0.4) is 0 Å². The van der Waals surface area contributed by atoms with Gasteiger partial charge in [-0.25, -0.2) is 9.36 Å². The van der Waals surface area contributed by atoms with Gasteiger partial charge in [-0.15, -0.1) is 0 Å². The van der Waals surface area contributed by atoms with Gasteiger partial charge in [-0.1, -0.05) is 31.5 Å². The molecule has 0 saturated carbocycles. The normalized spacial score (nSPS) is 11.5. The number of carbonyl (C=O) groups is 1. The largest absolute Gasteiger partial charge is 0.478 e. The second-order valence-corrected chi connectivity index (χ2v) is 5.32. The van der Waals surface area contributed by atoms with E-state index in [1.54, 1.807) is 18.2 Å². The van der Waals surface area contributed by atoms with Crippen LogP contribution < -0.4 is 0 Å². The van der Waals surface area contributed by atoms with Gasteiger partial charge in [-0.2, -0.15) is 0 Å². The molecule has 0 aromatic heterocycles. The van der Waals surface area contributed by atoms with Crippen LogP contribution >= 0.6 is 7.82 Å². The van der Waals surface area contributed by atoms with Crippen LogP contribution in [0.4, 0.5) is 0 Å². The van der Waals surface area contributed by atoms with Crippen LogP contribution in [-0.4, -0.2) is 27.5 Å². The number of phosphoric ester groups is 1. The zero-order valence-electron chi connectivity index (χ0n) is 10.6. The summed E-state index contributed by atoms with van der Waals surface area (Å²) in [5.74, 6) is -1.03. The monoisotopic (exact) mass is 288 g/mol. The average molecular weight is 288 g/mol. The lowest BCUT2D eigenvalue weighted by atomic mass is 9.96. The molecule has 0 aliphatic rings. The molecule has 106 valence electrons. The summed E-state index contributed by atoms with van der Waals surface area (Å²) in [5.41, 5.74) is 1.45. The number of benzene rings is 1. The summed E-state index contributed by atoms with van der Waals surface area (Å²) in [7, 11) is -4.51. The molecule has 0 bridgehead atoms. The zero-order valence-corrected chi connectivity index (χ0v) is 11.5. The standard InChI is InChI=1S/C12H17O6P/c1-2-4-9-5-3-6-10(11(9)12(13)14)7-8-18-19(15,16)17/h3,5-6H,2,4,7-8H2,1H3,(H,13,14)(H2,15,16,17). The molecule has 0 unspecified atom stereocenters. The number of hydrogen-bond donors (Lipinski definition) is 3. The van der Waals surface area contributed by atoms with Crippen LogP contribution in [0, 0.1) is 0 Å². The molecule has 0 saturated heterocycles. The van der Waals surface area contributed by atoms with E-state index in [0.29, 0.717) is 12.0 Å². The third-order valence-corrected chi connectivity index (χ3v) is 3.12. The first-order valence-electron chi connectivity index (χ1n) is 5.89. The summed E-state index contributed by atoms with van der Waals surface area (Å²) in [5, 5.41) is 9.24. The van der Waals surface area contributed by atoms with E-state index in [9.17, 15) is 14.5 Å². The van der Waals surface area contributed by atoms with Crippen molar-refractivity contribution in [3.63, 3.8) is 0 Å². The Morgan fingerprint density at radius 1 is 1.26 bits per heavy atom. The van der Waals surface area contributed by atoms with Gasteiger partial charge in [-0.05, 0) is 24.0 Å². The fourth-order valence-electron chi connectivity index (χ4n) is 1.89. The van der Waals surface area contributed by atoms with Crippen LogP contribution in [0.1, 0.15) is 34.8 Å². The number of carboxylic acids is 1. The van der Waals surface area contributed by atoms with E-state index in [1.807, 2.05) is 6.92 Å². The molecule has 0 radical (unpaired) electrons. The number of rotatable bonds is 7. The average Bonchev–Trinajstić information content (AvgIpc) is 2.27. The first-order chi connectivity index (χ1) is 8.85.